The molecule has 6 heteroatoms. The zero-order valence-corrected chi connectivity index (χ0v) is 12.1. The molecule has 1 aromatic carbocycles. The number of nitrogens with zero attached hydrogens (tertiary/aromatic N) is 1. The fourth-order valence-electron chi connectivity index (χ4n) is 1.72. The molecule has 20 heavy (non-hydrogen) atoms. The number of nitro groups is 1. The van der Waals surface area contributed by atoms with Crippen molar-refractivity contribution in [2.24, 2.45) is 11.1 Å². The maximum Gasteiger partial charge on any atom is 0.311 e. The van der Waals surface area contributed by atoms with Gasteiger partial charge in [-0.2, -0.15) is 0 Å². The smallest absolute Gasteiger partial charge is 0.311 e. The second-order valence-electron chi connectivity index (χ2n) is 5.48. The number of nitrogens with one attached hydrogen (secondary N) is 1. The number of aryl methyl sites for hydroxylation is 1. The lowest BCUT2D eigenvalue weighted by Crippen LogP contribution is -2.31. The molecular formula is C14H21N3O3. The second-order valence-corrected chi connectivity index (χ2v) is 5.48. The molecule has 0 aromatic heterocycles. The van der Waals surface area contributed by atoms with E-state index < -0.39 is 4.92 Å². The molecule has 0 aliphatic carbocycles. The van der Waals surface area contributed by atoms with Crippen molar-refractivity contribution in [3.8, 4) is 5.75 Å². The predicted molar refractivity (Wildman–Crippen MR) is 78.3 cm³/mol. The molecule has 0 bridgehead atoms. The standard InChI is InChI=1S/C14H21N3O3/c1-10-5-6-12(11(9-10)17(18)19)20-8-4-7-14(2,3)13(15)16/h5-6,9H,4,7-8H2,1-3H3,(H3,15,16). The van der Waals surface area contributed by atoms with E-state index >= 15 is 0 Å². The second kappa shape index (κ2) is 6.36. The molecule has 1 aromatic rings. The van der Waals surface area contributed by atoms with E-state index in [1.54, 1.807) is 19.1 Å². The van der Waals surface area contributed by atoms with Crippen LogP contribution < -0.4 is 10.5 Å². The van der Waals surface area contributed by atoms with Crippen LogP contribution in [-0.4, -0.2) is 17.4 Å². The molecule has 0 saturated carbocycles. The van der Waals surface area contributed by atoms with Gasteiger partial charge in [0, 0.05) is 11.5 Å². The molecule has 1 rings (SSSR count). The Morgan fingerprint density at radius 2 is 2.15 bits per heavy atom. The molecule has 0 amide bonds. The summed E-state index contributed by atoms with van der Waals surface area (Å²) in [4.78, 5) is 10.5. The number of rotatable bonds is 7. The van der Waals surface area contributed by atoms with Crippen molar-refractivity contribution in [3.05, 3.63) is 33.9 Å². The van der Waals surface area contributed by atoms with Crippen LogP contribution in [0, 0.1) is 27.9 Å². The normalized spacial score (nSPS) is 11.2. The third-order valence-electron chi connectivity index (χ3n) is 3.24. The number of hydrogen-bond donors (Lipinski definition) is 2. The van der Waals surface area contributed by atoms with Gasteiger partial charge in [0.25, 0.3) is 0 Å². The molecule has 0 saturated heterocycles. The minimum absolute atomic E-state index is 0.0178. The van der Waals surface area contributed by atoms with Crippen LogP contribution >= 0.6 is 0 Å². The number of ether oxygens (including phenoxy) is 1. The lowest BCUT2D eigenvalue weighted by Gasteiger charge is -2.22. The van der Waals surface area contributed by atoms with Crippen LogP contribution in [0.15, 0.2) is 18.2 Å². The van der Waals surface area contributed by atoms with Crippen LogP contribution in [0.1, 0.15) is 32.3 Å². The SMILES string of the molecule is Cc1ccc(OCCCC(C)(C)C(=N)N)c([N+](=O)[O-])c1. The maximum absolute atomic E-state index is 10.9. The third kappa shape index (κ3) is 4.22. The summed E-state index contributed by atoms with van der Waals surface area (Å²) in [5.74, 6) is 0.417. The average Bonchev–Trinajstić information content (AvgIpc) is 2.35. The molecule has 0 aliphatic heterocycles. The highest BCUT2D eigenvalue weighted by Crippen LogP contribution is 2.28. The van der Waals surface area contributed by atoms with Gasteiger partial charge < -0.3 is 10.5 Å². The topological polar surface area (TPSA) is 102 Å². The average molecular weight is 279 g/mol. The molecule has 6 nitrogen and oxygen atoms in total. The van der Waals surface area contributed by atoms with Gasteiger partial charge in [0.1, 0.15) is 0 Å². The van der Waals surface area contributed by atoms with E-state index in [2.05, 4.69) is 0 Å². The van der Waals surface area contributed by atoms with Crippen LogP contribution in [0.3, 0.4) is 0 Å². The summed E-state index contributed by atoms with van der Waals surface area (Å²) in [6, 6.07) is 4.89. The van der Waals surface area contributed by atoms with Crippen molar-refractivity contribution in [2.75, 3.05) is 6.61 Å². The Bertz CT molecular complexity index is 512. The predicted octanol–water partition coefficient (Wildman–Crippen LogP) is 3.02. The van der Waals surface area contributed by atoms with Gasteiger partial charge in [-0.3, -0.25) is 15.5 Å². The highest BCUT2D eigenvalue weighted by Gasteiger charge is 2.21. The molecule has 0 spiro atoms. The quantitative estimate of drug-likeness (QED) is 0.263. The first-order valence-electron chi connectivity index (χ1n) is 6.46. The molecule has 0 fully saturated rings. The van der Waals surface area contributed by atoms with Gasteiger partial charge in [-0.05, 0) is 31.4 Å². The molecule has 0 radical (unpaired) electrons. The van der Waals surface area contributed by atoms with Crippen LogP contribution in [0.2, 0.25) is 0 Å². The fraction of sp³-hybridized carbons (Fsp3) is 0.500. The van der Waals surface area contributed by atoms with Gasteiger partial charge in [0.05, 0.1) is 17.4 Å². The molecule has 0 atom stereocenters. The summed E-state index contributed by atoms with van der Waals surface area (Å²) in [5.41, 5.74) is 5.93. The number of amidine groups is 1. The van der Waals surface area contributed by atoms with E-state index in [4.69, 9.17) is 15.9 Å². The minimum Gasteiger partial charge on any atom is -0.487 e. The van der Waals surface area contributed by atoms with Crippen LogP contribution in [0.4, 0.5) is 5.69 Å². The summed E-state index contributed by atoms with van der Waals surface area (Å²) >= 11 is 0. The monoisotopic (exact) mass is 279 g/mol. The summed E-state index contributed by atoms with van der Waals surface area (Å²) in [5, 5.41) is 18.4. The summed E-state index contributed by atoms with van der Waals surface area (Å²) < 4.78 is 5.48. The largest absolute Gasteiger partial charge is 0.487 e. The first-order chi connectivity index (χ1) is 9.24. The van der Waals surface area contributed by atoms with E-state index in [1.807, 2.05) is 13.8 Å². The van der Waals surface area contributed by atoms with Crippen molar-refractivity contribution in [3.63, 3.8) is 0 Å². The van der Waals surface area contributed by atoms with Gasteiger partial charge >= 0.3 is 5.69 Å². The van der Waals surface area contributed by atoms with Gasteiger partial charge in [-0.25, -0.2) is 0 Å². The molecule has 0 heterocycles. The van der Waals surface area contributed by atoms with Crippen LogP contribution in [0.25, 0.3) is 0 Å². The van der Waals surface area contributed by atoms with Crippen molar-refractivity contribution < 1.29 is 9.66 Å². The van der Waals surface area contributed by atoms with E-state index in [0.717, 1.165) is 5.56 Å². The Hall–Kier alpha value is -2.11. The third-order valence-corrected chi connectivity index (χ3v) is 3.24. The number of hydrogen-bond acceptors (Lipinski definition) is 4. The van der Waals surface area contributed by atoms with Crippen molar-refractivity contribution in [1.29, 1.82) is 5.41 Å². The zero-order valence-electron chi connectivity index (χ0n) is 12.1. The molecular weight excluding hydrogens is 258 g/mol. The van der Waals surface area contributed by atoms with E-state index in [1.165, 1.54) is 6.07 Å². The Labute approximate surface area is 118 Å². The molecule has 110 valence electrons. The minimum atomic E-state index is -0.443. The highest BCUT2D eigenvalue weighted by atomic mass is 16.6. The molecule has 0 aliphatic rings. The van der Waals surface area contributed by atoms with Crippen LogP contribution in [-0.2, 0) is 0 Å². The van der Waals surface area contributed by atoms with E-state index in [9.17, 15) is 10.1 Å². The Morgan fingerprint density at radius 1 is 1.50 bits per heavy atom. The Kier molecular flexibility index (Phi) is 5.07. The van der Waals surface area contributed by atoms with Crippen LogP contribution in [0.5, 0.6) is 5.75 Å². The Morgan fingerprint density at radius 3 is 2.70 bits per heavy atom. The van der Waals surface area contributed by atoms with Gasteiger partial charge in [-0.1, -0.05) is 19.9 Å². The fourth-order valence-corrected chi connectivity index (χ4v) is 1.72. The maximum atomic E-state index is 10.9. The van der Waals surface area contributed by atoms with E-state index in [0.29, 0.717) is 19.4 Å². The first kappa shape index (κ1) is 15.9. The highest BCUT2D eigenvalue weighted by molar-refractivity contribution is 5.82. The first-order valence-corrected chi connectivity index (χ1v) is 6.46. The van der Waals surface area contributed by atoms with Gasteiger partial charge in [-0.15, -0.1) is 0 Å². The van der Waals surface area contributed by atoms with Gasteiger partial charge in [0.15, 0.2) is 5.75 Å². The van der Waals surface area contributed by atoms with Crippen molar-refractivity contribution in [1.82, 2.24) is 0 Å². The van der Waals surface area contributed by atoms with E-state index in [-0.39, 0.29) is 22.7 Å². The lowest BCUT2D eigenvalue weighted by atomic mass is 9.87. The molecule has 3 N–H and O–H groups in total. The lowest BCUT2D eigenvalue weighted by molar-refractivity contribution is -0.385. The summed E-state index contributed by atoms with van der Waals surface area (Å²) in [7, 11) is 0. The summed E-state index contributed by atoms with van der Waals surface area (Å²) in [6.07, 6.45) is 1.37. The summed E-state index contributed by atoms with van der Waals surface area (Å²) in [6.45, 7) is 5.94. The number of nitro benzene ring substituents is 1. The van der Waals surface area contributed by atoms with Crippen molar-refractivity contribution in [2.45, 2.75) is 33.6 Å². The number of benzene rings is 1. The van der Waals surface area contributed by atoms with Gasteiger partial charge in [0.2, 0.25) is 0 Å². The number of nitrogens with two attached hydrogens (primary N) is 1. The van der Waals surface area contributed by atoms with Crippen molar-refractivity contribution >= 4 is 11.5 Å². The Balaban J connectivity index is 2.59. The zero-order chi connectivity index (χ0) is 15.3. The molecule has 0 unspecified atom stereocenters.